The predicted molar refractivity (Wildman–Crippen MR) is 191 cm³/mol. The monoisotopic (exact) mass is 602 g/mol. The van der Waals surface area contributed by atoms with Crippen LogP contribution in [0.15, 0.2) is 136 Å². The summed E-state index contributed by atoms with van der Waals surface area (Å²) in [6.45, 7) is 0. The van der Waals surface area contributed by atoms with Gasteiger partial charge < -0.3 is 13.4 Å². The van der Waals surface area contributed by atoms with Gasteiger partial charge in [-0.25, -0.2) is 0 Å². The van der Waals surface area contributed by atoms with Gasteiger partial charge in [0.05, 0.1) is 22.8 Å². The van der Waals surface area contributed by atoms with Crippen molar-refractivity contribution < 1.29 is 8.83 Å². The maximum Gasteiger partial charge on any atom is 0.136 e. The quantitative estimate of drug-likeness (QED) is 0.202. The van der Waals surface area contributed by atoms with Crippen LogP contribution in [0.3, 0.4) is 0 Å². The lowest BCUT2D eigenvalue weighted by Crippen LogP contribution is -2.05. The third kappa shape index (κ3) is 3.81. The van der Waals surface area contributed by atoms with E-state index < -0.39 is 0 Å². The summed E-state index contributed by atoms with van der Waals surface area (Å²) in [6, 6.07) is 44.3. The van der Waals surface area contributed by atoms with Gasteiger partial charge in [-0.15, -0.1) is 0 Å². The van der Waals surface area contributed by atoms with Crippen LogP contribution in [0.25, 0.3) is 88.8 Å². The van der Waals surface area contributed by atoms with E-state index in [2.05, 4.69) is 114 Å². The third-order valence-electron chi connectivity index (χ3n) is 9.70. The number of aromatic nitrogens is 1. The number of nitrogens with zero attached hydrogens (tertiary/aromatic N) is 2. The Morgan fingerprint density at radius 3 is 2.04 bits per heavy atom. The van der Waals surface area contributed by atoms with Gasteiger partial charge in [0.15, 0.2) is 0 Å². The highest BCUT2D eigenvalue weighted by Gasteiger charge is 2.22. The molecule has 6 aromatic carbocycles. The lowest BCUT2D eigenvalue weighted by atomic mass is 9.97. The van der Waals surface area contributed by atoms with Crippen LogP contribution in [-0.4, -0.2) is 4.57 Å². The van der Waals surface area contributed by atoms with Crippen LogP contribution in [0.2, 0.25) is 0 Å². The molecule has 3 aromatic heterocycles. The summed E-state index contributed by atoms with van der Waals surface area (Å²) in [5.74, 6) is 0. The molecule has 0 N–H and O–H groups in total. The standard InChI is InChI=1S/C43H26N2O2/c44-25-26-14-17-30(37(22-26)45-35-12-6-4-10-31(35)32-11-5-7-13-36(32)45)29-16-19-39-34(24-29)43-41(47-39)21-20-40-42(43)33-23-28(15-18-38(33)46-40)27-8-2-1-3-9-27/h1-6,8-12,14-24H,7,13H2. The molecule has 47 heavy (non-hydrogen) atoms. The summed E-state index contributed by atoms with van der Waals surface area (Å²) in [6.07, 6.45) is 6.44. The van der Waals surface area contributed by atoms with Gasteiger partial charge in [-0.05, 0) is 84.1 Å². The molecule has 0 radical (unpaired) electrons. The van der Waals surface area contributed by atoms with Crippen molar-refractivity contribution in [2.45, 2.75) is 12.8 Å². The van der Waals surface area contributed by atoms with Gasteiger partial charge in [0.1, 0.15) is 22.3 Å². The molecule has 220 valence electrons. The second-order valence-corrected chi connectivity index (χ2v) is 12.3. The Labute approximate surface area is 270 Å². The van der Waals surface area contributed by atoms with E-state index >= 15 is 0 Å². The van der Waals surface area contributed by atoms with Gasteiger partial charge >= 0.3 is 0 Å². The molecule has 9 aromatic rings. The normalized spacial score (nSPS) is 12.8. The van der Waals surface area contributed by atoms with Gasteiger partial charge in [-0.2, -0.15) is 5.26 Å². The Kier molecular flexibility index (Phi) is 5.44. The average molecular weight is 603 g/mol. The number of rotatable bonds is 3. The molecule has 0 bridgehead atoms. The van der Waals surface area contributed by atoms with E-state index in [9.17, 15) is 5.26 Å². The molecule has 0 amide bonds. The topological polar surface area (TPSA) is 55.0 Å². The minimum absolute atomic E-state index is 0.636. The first kappa shape index (κ1) is 26.0. The first-order valence-electron chi connectivity index (χ1n) is 16.0. The summed E-state index contributed by atoms with van der Waals surface area (Å²) in [5.41, 5.74) is 13.1. The number of hydrogen-bond acceptors (Lipinski definition) is 3. The van der Waals surface area contributed by atoms with Crippen molar-refractivity contribution >= 4 is 60.9 Å². The molecule has 0 fully saturated rings. The molecule has 0 saturated carbocycles. The lowest BCUT2D eigenvalue weighted by Gasteiger charge is -2.18. The van der Waals surface area contributed by atoms with E-state index in [1.54, 1.807) is 0 Å². The first-order valence-corrected chi connectivity index (χ1v) is 16.0. The molecule has 0 unspecified atom stereocenters. The molecule has 1 aliphatic carbocycles. The van der Waals surface area contributed by atoms with Gasteiger partial charge in [-0.1, -0.05) is 78.9 Å². The molecule has 0 saturated heterocycles. The van der Waals surface area contributed by atoms with Crippen molar-refractivity contribution in [3.8, 4) is 34.0 Å². The zero-order valence-electron chi connectivity index (χ0n) is 25.3. The second-order valence-electron chi connectivity index (χ2n) is 12.3. The summed E-state index contributed by atoms with van der Waals surface area (Å²) in [7, 11) is 0. The van der Waals surface area contributed by atoms with E-state index in [0.717, 1.165) is 84.6 Å². The van der Waals surface area contributed by atoms with Crippen molar-refractivity contribution in [1.82, 2.24) is 4.57 Å². The van der Waals surface area contributed by atoms with Crippen molar-refractivity contribution in [1.29, 1.82) is 5.26 Å². The van der Waals surface area contributed by atoms with Gasteiger partial charge in [0.25, 0.3) is 0 Å². The number of furan rings is 2. The van der Waals surface area contributed by atoms with Crippen LogP contribution in [0, 0.1) is 11.3 Å². The largest absolute Gasteiger partial charge is 0.456 e. The van der Waals surface area contributed by atoms with Gasteiger partial charge in [0, 0.05) is 43.8 Å². The molecule has 10 rings (SSSR count). The van der Waals surface area contributed by atoms with Crippen LogP contribution >= 0.6 is 0 Å². The minimum Gasteiger partial charge on any atom is -0.456 e. The Morgan fingerprint density at radius 2 is 1.28 bits per heavy atom. The van der Waals surface area contributed by atoms with E-state index in [0.29, 0.717) is 5.56 Å². The Hall–Kier alpha value is -6.31. The summed E-state index contributed by atoms with van der Waals surface area (Å²) in [4.78, 5) is 0. The number of para-hydroxylation sites is 1. The van der Waals surface area contributed by atoms with Crippen molar-refractivity contribution in [2.75, 3.05) is 0 Å². The fraction of sp³-hybridized carbons (Fsp3) is 0.0465. The Morgan fingerprint density at radius 1 is 0.596 bits per heavy atom. The average Bonchev–Trinajstić information content (AvgIpc) is 3.80. The SMILES string of the molecule is N#Cc1ccc(-c2ccc3oc4ccc5oc6ccc(-c7ccccc7)cc6c5c4c3c2)c(-n2c3c(c4ccccc42)C=CCC3)c1. The van der Waals surface area contributed by atoms with Crippen LogP contribution in [0.4, 0.5) is 0 Å². The third-order valence-corrected chi connectivity index (χ3v) is 9.70. The molecule has 1 aliphatic rings. The highest BCUT2D eigenvalue weighted by atomic mass is 16.3. The summed E-state index contributed by atoms with van der Waals surface area (Å²) in [5, 5.41) is 15.4. The number of allylic oxidation sites excluding steroid dienone is 1. The van der Waals surface area contributed by atoms with Gasteiger partial charge in [-0.3, -0.25) is 0 Å². The fourth-order valence-electron chi connectivity index (χ4n) is 7.59. The van der Waals surface area contributed by atoms with Crippen LogP contribution in [0.1, 0.15) is 23.2 Å². The van der Waals surface area contributed by atoms with Crippen molar-refractivity contribution in [2.24, 2.45) is 0 Å². The van der Waals surface area contributed by atoms with E-state index in [1.807, 2.05) is 30.3 Å². The van der Waals surface area contributed by atoms with Crippen LogP contribution in [-0.2, 0) is 6.42 Å². The minimum atomic E-state index is 0.636. The molecule has 4 nitrogen and oxygen atoms in total. The maximum atomic E-state index is 9.97. The number of fused-ring (bicyclic) bond motifs is 10. The Bertz CT molecular complexity index is 2800. The fourth-order valence-corrected chi connectivity index (χ4v) is 7.59. The van der Waals surface area contributed by atoms with Crippen LogP contribution < -0.4 is 0 Å². The zero-order chi connectivity index (χ0) is 31.1. The summed E-state index contributed by atoms with van der Waals surface area (Å²) >= 11 is 0. The maximum absolute atomic E-state index is 9.97. The number of hydrogen-bond donors (Lipinski definition) is 0. The number of benzene rings is 6. The predicted octanol–water partition coefficient (Wildman–Crippen LogP) is 11.6. The zero-order valence-corrected chi connectivity index (χ0v) is 25.3. The highest BCUT2D eigenvalue weighted by Crippen LogP contribution is 2.43. The lowest BCUT2D eigenvalue weighted by molar-refractivity contribution is 0.663. The molecule has 4 heteroatoms. The molecule has 0 spiro atoms. The van der Waals surface area contributed by atoms with Crippen molar-refractivity contribution in [3.05, 3.63) is 144 Å². The van der Waals surface area contributed by atoms with Crippen molar-refractivity contribution in [3.63, 3.8) is 0 Å². The Balaban J connectivity index is 1.24. The van der Waals surface area contributed by atoms with E-state index in [-0.39, 0.29) is 0 Å². The summed E-state index contributed by atoms with van der Waals surface area (Å²) < 4.78 is 15.2. The van der Waals surface area contributed by atoms with Crippen LogP contribution in [0.5, 0.6) is 0 Å². The van der Waals surface area contributed by atoms with Gasteiger partial charge in [0.2, 0.25) is 0 Å². The van der Waals surface area contributed by atoms with E-state index in [4.69, 9.17) is 8.83 Å². The smallest absolute Gasteiger partial charge is 0.136 e. The first-order chi connectivity index (χ1) is 23.2. The molecule has 0 atom stereocenters. The molecular weight excluding hydrogens is 576 g/mol. The second kappa shape index (κ2) is 9.84. The van der Waals surface area contributed by atoms with E-state index in [1.165, 1.54) is 22.2 Å². The highest BCUT2D eigenvalue weighted by molar-refractivity contribution is 6.26. The molecule has 0 aliphatic heterocycles. The molecule has 3 heterocycles. The molecular formula is C43H26N2O2. The number of nitriles is 1.